The Hall–Kier alpha value is -2.86. The Morgan fingerprint density at radius 1 is 0.957 bits per heavy atom. The van der Waals surface area contributed by atoms with E-state index in [0.29, 0.717) is 0 Å². The van der Waals surface area contributed by atoms with Crippen LogP contribution in [0.2, 0.25) is 0 Å². The quantitative estimate of drug-likeness (QED) is 0.919. The van der Waals surface area contributed by atoms with Crippen LogP contribution >= 0.6 is 0 Å². The number of rotatable bonds is 2. The lowest BCUT2D eigenvalue weighted by Crippen LogP contribution is -2.36. The number of benzene rings is 2. The van der Waals surface area contributed by atoms with Crippen molar-refractivity contribution in [2.45, 2.75) is 19.8 Å². The third kappa shape index (κ3) is 3.02. The zero-order valence-corrected chi connectivity index (χ0v) is 13.2. The minimum atomic E-state index is -0.702. The van der Waals surface area contributed by atoms with Crippen LogP contribution in [0.15, 0.2) is 54.6 Å². The molecule has 1 aliphatic heterocycles. The standard InChI is InChI=1S/C20H18N2O/c1-13-3-7-15(8-4-13)17-11-19(22-20(23)18(17)12-21)16-9-5-14(2)6-10-16/h3-11,17-18H,1-2H3,(H,22,23)/t17-,18+/m0/s1. The smallest absolute Gasteiger partial charge is 0.242 e. The van der Waals surface area contributed by atoms with Crippen molar-refractivity contribution in [3.63, 3.8) is 0 Å². The highest BCUT2D eigenvalue weighted by Crippen LogP contribution is 2.33. The van der Waals surface area contributed by atoms with E-state index in [1.807, 2.05) is 68.5 Å². The van der Waals surface area contributed by atoms with Gasteiger partial charge in [0.05, 0.1) is 6.07 Å². The van der Waals surface area contributed by atoms with E-state index in [1.165, 1.54) is 5.56 Å². The van der Waals surface area contributed by atoms with Crippen molar-refractivity contribution in [2.75, 3.05) is 0 Å². The number of allylic oxidation sites excluding steroid dienone is 1. The molecule has 0 saturated carbocycles. The van der Waals surface area contributed by atoms with Crippen LogP contribution in [0.4, 0.5) is 0 Å². The maximum atomic E-state index is 12.4. The summed E-state index contributed by atoms with van der Waals surface area (Å²) in [4.78, 5) is 12.4. The lowest BCUT2D eigenvalue weighted by atomic mass is 9.82. The van der Waals surface area contributed by atoms with E-state index < -0.39 is 5.92 Å². The van der Waals surface area contributed by atoms with Crippen molar-refractivity contribution in [2.24, 2.45) is 5.92 Å². The number of nitrogens with zero attached hydrogens (tertiary/aromatic N) is 1. The van der Waals surface area contributed by atoms with Gasteiger partial charge >= 0.3 is 0 Å². The zero-order chi connectivity index (χ0) is 16.4. The van der Waals surface area contributed by atoms with Gasteiger partial charge in [0.15, 0.2) is 0 Å². The van der Waals surface area contributed by atoms with Gasteiger partial charge in [-0.25, -0.2) is 0 Å². The molecule has 0 spiro atoms. The number of aryl methyl sites for hydroxylation is 2. The van der Waals surface area contributed by atoms with Gasteiger partial charge in [-0.1, -0.05) is 65.7 Å². The number of amides is 1. The Morgan fingerprint density at radius 3 is 2.09 bits per heavy atom. The number of nitriles is 1. The van der Waals surface area contributed by atoms with E-state index >= 15 is 0 Å². The first-order chi connectivity index (χ1) is 11.1. The fourth-order valence-corrected chi connectivity index (χ4v) is 2.81. The van der Waals surface area contributed by atoms with E-state index in [9.17, 15) is 10.1 Å². The van der Waals surface area contributed by atoms with E-state index in [4.69, 9.17) is 0 Å². The number of hydrogen-bond donors (Lipinski definition) is 1. The molecule has 1 amide bonds. The Morgan fingerprint density at radius 2 is 1.52 bits per heavy atom. The minimum absolute atomic E-state index is 0.231. The highest BCUT2D eigenvalue weighted by molar-refractivity contribution is 5.93. The maximum absolute atomic E-state index is 12.4. The fourth-order valence-electron chi connectivity index (χ4n) is 2.81. The summed E-state index contributed by atoms with van der Waals surface area (Å²) in [5.74, 6) is -1.17. The Bertz CT molecular complexity index is 795. The van der Waals surface area contributed by atoms with Crippen LogP contribution < -0.4 is 5.32 Å². The minimum Gasteiger partial charge on any atom is -0.325 e. The highest BCUT2D eigenvalue weighted by Gasteiger charge is 2.33. The number of carbonyl (C=O) groups is 1. The van der Waals surface area contributed by atoms with Gasteiger partial charge in [-0.3, -0.25) is 4.79 Å². The average molecular weight is 302 g/mol. The van der Waals surface area contributed by atoms with Gasteiger partial charge in [-0.15, -0.1) is 0 Å². The Kier molecular flexibility index (Phi) is 3.99. The summed E-state index contributed by atoms with van der Waals surface area (Å²) < 4.78 is 0. The molecule has 0 bridgehead atoms. The Labute approximate surface area is 136 Å². The van der Waals surface area contributed by atoms with Crippen LogP contribution in [-0.4, -0.2) is 5.91 Å². The molecule has 1 N–H and O–H groups in total. The van der Waals surface area contributed by atoms with Crippen molar-refractivity contribution in [3.8, 4) is 6.07 Å². The molecule has 0 unspecified atom stereocenters. The molecule has 0 radical (unpaired) electrons. The van der Waals surface area contributed by atoms with Gasteiger partial charge in [0.1, 0.15) is 5.92 Å². The average Bonchev–Trinajstić information content (AvgIpc) is 2.55. The van der Waals surface area contributed by atoms with E-state index in [1.54, 1.807) is 0 Å². The number of nitrogens with one attached hydrogen (secondary N) is 1. The summed E-state index contributed by atoms with van der Waals surface area (Å²) in [6, 6.07) is 18.1. The molecule has 0 aliphatic carbocycles. The van der Waals surface area contributed by atoms with Crippen LogP contribution in [0.3, 0.4) is 0 Å². The normalized spacial score (nSPS) is 20.4. The van der Waals surface area contributed by atoms with Gasteiger partial charge in [-0.05, 0) is 25.0 Å². The van der Waals surface area contributed by atoms with E-state index in [-0.39, 0.29) is 11.8 Å². The van der Waals surface area contributed by atoms with Gasteiger partial charge in [-0.2, -0.15) is 5.26 Å². The molecule has 3 heteroatoms. The molecule has 2 atom stereocenters. The summed E-state index contributed by atoms with van der Waals surface area (Å²) in [6.45, 7) is 4.05. The van der Waals surface area contributed by atoms with E-state index in [2.05, 4.69) is 11.4 Å². The molecular weight excluding hydrogens is 284 g/mol. The topological polar surface area (TPSA) is 52.9 Å². The summed E-state index contributed by atoms with van der Waals surface area (Å²) in [5, 5.41) is 12.3. The fraction of sp³-hybridized carbons (Fsp3) is 0.200. The predicted octanol–water partition coefficient (Wildman–Crippen LogP) is 3.70. The molecule has 0 saturated heterocycles. The molecule has 114 valence electrons. The first-order valence-electron chi connectivity index (χ1n) is 7.64. The second-order valence-electron chi connectivity index (χ2n) is 5.98. The third-order valence-electron chi connectivity index (χ3n) is 4.21. The zero-order valence-electron chi connectivity index (χ0n) is 13.2. The maximum Gasteiger partial charge on any atom is 0.242 e. The van der Waals surface area contributed by atoms with Crippen molar-refractivity contribution < 1.29 is 4.79 Å². The monoisotopic (exact) mass is 302 g/mol. The van der Waals surface area contributed by atoms with Crippen LogP contribution in [-0.2, 0) is 4.79 Å². The molecule has 3 rings (SSSR count). The van der Waals surface area contributed by atoms with Gasteiger partial charge in [0.2, 0.25) is 5.91 Å². The SMILES string of the molecule is Cc1ccc(C2=C[C@@H](c3ccc(C)cc3)[C@@H](C#N)C(=O)N2)cc1. The predicted molar refractivity (Wildman–Crippen MR) is 90.3 cm³/mol. The van der Waals surface area contributed by atoms with Crippen molar-refractivity contribution in [1.29, 1.82) is 5.26 Å². The molecule has 2 aromatic rings. The molecule has 1 heterocycles. The molecule has 1 aliphatic rings. The molecule has 3 nitrogen and oxygen atoms in total. The number of hydrogen-bond acceptors (Lipinski definition) is 2. The van der Waals surface area contributed by atoms with E-state index in [0.717, 1.165) is 22.4 Å². The van der Waals surface area contributed by atoms with Crippen LogP contribution in [0.5, 0.6) is 0 Å². The lowest BCUT2D eigenvalue weighted by molar-refractivity contribution is -0.122. The van der Waals surface area contributed by atoms with Crippen molar-refractivity contribution in [1.82, 2.24) is 5.32 Å². The summed E-state index contributed by atoms with van der Waals surface area (Å²) in [7, 11) is 0. The first kappa shape index (κ1) is 15.1. The van der Waals surface area contributed by atoms with Gasteiger partial charge in [0, 0.05) is 11.6 Å². The van der Waals surface area contributed by atoms with Crippen LogP contribution in [0, 0.1) is 31.1 Å². The second-order valence-corrected chi connectivity index (χ2v) is 5.98. The lowest BCUT2D eigenvalue weighted by Gasteiger charge is -2.26. The number of carbonyl (C=O) groups excluding carboxylic acids is 1. The molecule has 23 heavy (non-hydrogen) atoms. The summed E-state index contributed by atoms with van der Waals surface area (Å²) >= 11 is 0. The van der Waals surface area contributed by atoms with Crippen LogP contribution in [0.1, 0.15) is 28.2 Å². The first-order valence-corrected chi connectivity index (χ1v) is 7.64. The van der Waals surface area contributed by atoms with Crippen LogP contribution in [0.25, 0.3) is 5.70 Å². The third-order valence-corrected chi connectivity index (χ3v) is 4.21. The van der Waals surface area contributed by atoms with Crippen molar-refractivity contribution in [3.05, 3.63) is 76.9 Å². The summed E-state index contributed by atoms with van der Waals surface area (Å²) in [6.07, 6.45) is 1.99. The Balaban J connectivity index is 2.04. The largest absolute Gasteiger partial charge is 0.325 e. The van der Waals surface area contributed by atoms with Crippen molar-refractivity contribution >= 4 is 11.6 Å². The highest BCUT2D eigenvalue weighted by atomic mass is 16.2. The van der Waals surface area contributed by atoms with Gasteiger partial charge < -0.3 is 5.32 Å². The van der Waals surface area contributed by atoms with Gasteiger partial charge in [0.25, 0.3) is 0 Å². The molecular formula is C20H18N2O. The molecule has 0 aromatic heterocycles. The summed E-state index contributed by atoms with van der Waals surface area (Å²) in [5.41, 5.74) is 5.04. The second kappa shape index (κ2) is 6.10. The molecule has 0 fully saturated rings. The molecule has 2 aromatic carbocycles.